The summed E-state index contributed by atoms with van der Waals surface area (Å²) < 4.78 is 21.1. The Morgan fingerprint density at radius 3 is 2.41 bits per heavy atom. The SMILES string of the molecule is COc1ccc(-n2nc(-c3ccc(Cl)cc3)c3c2N(CC(=O)NCc2ccncc2)C(=O)CS[C@@H]3c2ccc(F)cc2)cc1. The van der Waals surface area contributed by atoms with Crippen LogP contribution in [-0.4, -0.2) is 46.0 Å². The van der Waals surface area contributed by atoms with Crippen molar-refractivity contribution in [3.05, 3.63) is 125 Å². The van der Waals surface area contributed by atoms with Gasteiger partial charge in [0.25, 0.3) is 0 Å². The van der Waals surface area contributed by atoms with Gasteiger partial charge in [-0.3, -0.25) is 19.5 Å². The summed E-state index contributed by atoms with van der Waals surface area (Å²) >= 11 is 7.64. The normalized spacial score (nSPS) is 14.6. The van der Waals surface area contributed by atoms with Gasteiger partial charge in [0.15, 0.2) is 0 Å². The fraction of sp³-hybridized carbons (Fsp3) is 0.152. The number of nitrogens with one attached hydrogen (secondary N) is 1. The number of rotatable bonds is 8. The summed E-state index contributed by atoms with van der Waals surface area (Å²) in [5.41, 5.74) is 4.48. The predicted molar refractivity (Wildman–Crippen MR) is 170 cm³/mol. The number of amides is 2. The third-order valence-electron chi connectivity index (χ3n) is 7.24. The minimum Gasteiger partial charge on any atom is -0.497 e. The average molecular weight is 628 g/mol. The van der Waals surface area contributed by atoms with Crippen LogP contribution in [0.15, 0.2) is 97.3 Å². The number of hydrogen-bond donors (Lipinski definition) is 1. The number of hydrogen-bond acceptors (Lipinski definition) is 6. The molecular formula is C33H27ClFN5O3S. The van der Waals surface area contributed by atoms with Crippen LogP contribution >= 0.6 is 23.4 Å². The van der Waals surface area contributed by atoms with Crippen molar-refractivity contribution in [1.29, 1.82) is 0 Å². The number of nitrogens with zero attached hydrogens (tertiary/aromatic N) is 4. The van der Waals surface area contributed by atoms with Crippen LogP contribution in [0, 0.1) is 5.82 Å². The Labute approximate surface area is 262 Å². The van der Waals surface area contributed by atoms with Crippen molar-refractivity contribution >= 4 is 41.0 Å². The fourth-order valence-corrected chi connectivity index (χ4v) is 6.37. The molecule has 0 spiro atoms. The molecule has 2 amide bonds. The molecule has 8 nitrogen and oxygen atoms in total. The molecule has 5 aromatic rings. The van der Waals surface area contributed by atoms with E-state index in [0.717, 1.165) is 22.3 Å². The number of carbonyl (C=O) groups excluding carboxylic acids is 2. The van der Waals surface area contributed by atoms with Crippen molar-refractivity contribution in [1.82, 2.24) is 20.1 Å². The molecular weight excluding hydrogens is 601 g/mol. The number of aromatic nitrogens is 3. The van der Waals surface area contributed by atoms with Crippen LogP contribution in [-0.2, 0) is 16.1 Å². The van der Waals surface area contributed by atoms with Crippen LogP contribution in [0.4, 0.5) is 10.2 Å². The Balaban J connectivity index is 1.52. The molecule has 3 aromatic carbocycles. The lowest BCUT2D eigenvalue weighted by Crippen LogP contribution is -2.42. The van der Waals surface area contributed by atoms with E-state index in [4.69, 9.17) is 21.4 Å². The van der Waals surface area contributed by atoms with Crippen molar-refractivity contribution in [2.75, 3.05) is 24.3 Å². The number of pyridine rings is 1. The number of halogens is 2. The zero-order valence-electron chi connectivity index (χ0n) is 23.6. The van der Waals surface area contributed by atoms with E-state index in [9.17, 15) is 14.0 Å². The van der Waals surface area contributed by atoms with Crippen molar-refractivity contribution in [3.63, 3.8) is 0 Å². The number of carbonyl (C=O) groups is 2. The number of ether oxygens (including phenoxy) is 1. The van der Waals surface area contributed by atoms with Gasteiger partial charge in [-0.05, 0) is 71.8 Å². The molecule has 1 N–H and O–H groups in total. The Kier molecular flexibility index (Phi) is 8.63. The largest absolute Gasteiger partial charge is 0.497 e. The molecule has 1 aliphatic rings. The Morgan fingerprint density at radius 2 is 1.73 bits per heavy atom. The highest BCUT2D eigenvalue weighted by atomic mass is 35.5. The monoisotopic (exact) mass is 627 g/mol. The second-order valence-corrected chi connectivity index (χ2v) is 11.6. The quantitative estimate of drug-likeness (QED) is 0.220. The highest BCUT2D eigenvalue weighted by Crippen LogP contribution is 2.48. The summed E-state index contributed by atoms with van der Waals surface area (Å²) in [5, 5.41) is 8.15. The van der Waals surface area contributed by atoms with Crippen LogP contribution in [0.3, 0.4) is 0 Å². The summed E-state index contributed by atoms with van der Waals surface area (Å²) in [6.45, 7) is 0.0620. The Hall–Kier alpha value is -4.67. The van der Waals surface area contributed by atoms with Crippen LogP contribution in [0.25, 0.3) is 16.9 Å². The van der Waals surface area contributed by atoms with E-state index in [1.54, 1.807) is 48.5 Å². The Bertz CT molecular complexity index is 1780. The summed E-state index contributed by atoms with van der Waals surface area (Å²) in [6, 6.07) is 24.5. The molecule has 0 unspecified atom stereocenters. The molecule has 2 aromatic heterocycles. The molecule has 6 rings (SSSR count). The molecule has 3 heterocycles. The molecule has 0 fully saturated rings. The summed E-state index contributed by atoms with van der Waals surface area (Å²) in [5.74, 6) is 0.274. The third kappa shape index (κ3) is 6.17. The molecule has 0 saturated heterocycles. The van der Waals surface area contributed by atoms with Gasteiger partial charge in [0.05, 0.1) is 29.5 Å². The van der Waals surface area contributed by atoms with Gasteiger partial charge in [-0.25, -0.2) is 9.07 Å². The minimum atomic E-state index is -0.392. The second-order valence-electron chi connectivity index (χ2n) is 10.1. The van der Waals surface area contributed by atoms with E-state index in [1.165, 1.54) is 28.8 Å². The van der Waals surface area contributed by atoms with Crippen LogP contribution in [0.5, 0.6) is 5.75 Å². The maximum absolute atomic E-state index is 14.0. The standard InChI is InChI=1S/C33H27ClFN5O3S/c1-43-27-12-10-26(11-13-27)40-33-30(31(38-40)22-2-6-24(34)7-3-22)32(23-4-8-25(35)9-5-23)44-20-29(42)39(33)19-28(41)37-18-21-14-16-36-17-15-21/h2-17,32H,18-20H2,1H3,(H,37,41)/t32-/m1/s1. The van der Waals surface area contributed by atoms with Gasteiger partial charge in [-0.15, -0.1) is 11.8 Å². The Morgan fingerprint density at radius 1 is 1.02 bits per heavy atom. The predicted octanol–water partition coefficient (Wildman–Crippen LogP) is 6.22. The van der Waals surface area contributed by atoms with Crippen molar-refractivity contribution in [2.45, 2.75) is 11.8 Å². The lowest BCUT2D eigenvalue weighted by atomic mass is 9.99. The first kappa shape index (κ1) is 29.4. The second kappa shape index (κ2) is 12.9. The summed E-state index contributed by atoms with van der Waals surface area (Å²) in [4.78, 5) is 32.7. The van der Waals surface area contributed by atoms with E-state index >= 15 is 0 Å². The molecule has 222 valence electrons. The first-order valence-corrected chi connectivity index (χ1v) is 15.2. The zero-order chi connectivity index (χ0) is 30.6. The first-order valence-electron chi connectivity index (χ1n) is 13.8. The maximum atomic E-state index is 14.0. The minimum absolute atomic E-state index is 0.0943. The highest BCUT2D eigenvalue weighted by molar-refractivity contribution is 8.00. The van der Waals surface area contributed by atoms with Crippen LogP contribution < -0.4 is 15.0 Å². The van der Waals surface area contributed by atoms with Gasteiger partial charge >= 0.3 is 0 Å². The van der Waals surface area contributed by atoms with Crippen LogP contribution in [0.1, 0.15) is 21.9 Å². The fourth-order valence-electron chi connectivity index (χ4n) is 5.05. The molecule has 0 aliphatic carbocycles. The highest BCUT2D eigenvalue weighted by Gasteiger charge is 2.37. The third-order valence-corrected chi connectivity index (χ3v) is 8.74. The van der Waals surface area contributed by atoms with E-state index in [0.29, 0.717) is 28.0 Å². The van der Waals surface area contributed by atoms with Crippen LogP contribution in [0.2, 0.25) is 5.02 Å². The van der Waals surface area contributed by atoms with Crippen molar-refractivity contribution in [2.24, 2.45) is 0 Å². The van der Waals surface area contributed by atoms with Gasteiger partial charge < -0.3 is 10.1 Å². The molecule has 1 aliphatic heterocycles. The lowest BCUT2D eigenvalue weighted by Gasteiger charge is -2.23. The number of methoxy groups -OCH3 is 1. The number of benzene rings is 3. The van der Waals surface area contributed by atoms with Crippen molar-refractivity contribution in [3.8, 4) is 22.7 Å². The molecule has 1 atom stereocenters. The summed E-state index contributed by atoms with van der Waals surface area (Å²) in [6.07, 6.45) is 3.31. The smallest absolute Gasteiger partial charge is 0.240 e. The van der Waals surface area contributed by atoms with Crippen molar-refractivity contribution < 1.29 is 18.7 Å². The van der Waals surface area contributed by atoms with Gasteiger partial charge in [-0.2, -0.15) is 5.10 Å². The van der Waals surface area contributed by atoms with E-state index in [1.807, 2.05) is 48.5 Å². The molecule has 44 heavy (non-hydrogen) atoms. The molecule has 0 radical (unpaired) electrons. The summed E-state index contributed by atoms with van der Waals surface area (Å²) in [7, 11) is 1.59. The van der Waals surface area contributed by atoms with Gasteiger partial charge in [-0.1, -0.05) is 35.9 Å². The molecule has 0 bridgehead atoms. The zero-order valence-corrected chi connectivity index (χ0v) is 25.2. The van der Waals surface area contributed by atoms with Gasteiger partial charge in [0.2, 0.25) is 11.8 Å². The average Bonchev–Trinajstić information content (AvgIpc) is 3.37. The van der Waals surface area contributed by atoms with E-state index < -0.39 is 5.25 Å². The number of fused-ring (bicyclic) bond motifs is 1. The van der Waals surface area contributed by atoms with E-state index in [-0.39, 0.29) is 36.5 Å². The number of thioether (sulfide) groups is 1. The topological polar surface area (TPSA) is 89.3 Å². The molecule has 0 saturated carbocycles. The van der Waals surface area contributed by atoms with E-state index in [2.05, 4.69) is 10.3 Å². The van der Waals surface area contributed by atoms with Gasteiger partial charge in [0.1, 0.15) is 23.9 Å². The molecule has 11 heteroatoms. The maximum Gasteiger partial charge on any atom is 0.240 e. The van der Waals surface area contributed by atoms with Gasteiger partial charge in [0, 0.05) is 35.1 Å². The number of anilines is 1. The lowest BCUT2D eigenvalue weighted by molar-refractivity contribution is -0.123. The first-order chi connectivity index (χ1) is 21.4.